The van der Waals surface area contributed by atoms with Crippen LogP contribution in [-0.4, -0.2) is 36.6 Å². The molecule has 1 aromatic carbocycles. The molecule has 0 atom stereocenters. The molecule has 0 saturated heterocycles. The lowest BCUT2D eigenvalue weighted by Crippen LogP contribution is -2.37. The second-order valence-corrected chi connectivity index (χ2v) is 4.56. The van der Waals surface area contributed by atoms with Gasteiger partial charge in [0, 0.05) is 25.2 Å². The Hall–Kier alpha value is -2.24. The van der Waals surface area contributed by atoms with Crippen molar-refractivity contribution in [3.63, 3.8) is 0 Å². The van der Waals surface area contributed by atoms with Crippen LogP contribution in [0.4, 0.5) is 5.69 Å². The largest absolute Gasteiger partial charge is 0.454 e. The maximum Gasteiger partial charge on any atom is 0.243 e. The molecule has 1 aliphatic rings. The zero-order valence-electron chi connectivity index (χ0n) is 11.6. The summed E-state index contributed by atoms with van der Waals surface area (Å²) in [5, 5.41) is 2.75. The van der Waals surface area contributed by atoms with Crippen molar-refractivity contribution in [1.82, 2.24) is 4.90 Å². The molecule has 20 heavy (non-hydrogen) atoms. The van der Waals surface area contributed by atoms with Gasteiger partial charge < -0.3 is 19.7 Å². The lowest BCUT2D eigenvalue weighted by molar-refractivity contribution is -0.132. The van der Waals surface area contributed by atoms with E-state index in [-0.39, 0.29) is 25.2 Å². The Morgan fingerprint density at radius 1 is 1.30 bits per heavy atom. The van der Waals surface area contributed by atoms with Crippen LogP contribution in [0.1, 0.15) is 20.3 Å². The van der Waals surface area contributed by atoms with Crippen LogP contribution in [0.25, 0.3) is 0 Å². The molecule has 1 aromatic rings. The zero-order valence-corrected chi connectivity index (χ0v) is 11.6. The van der Waals surface area contributed by atoms with Crippen LogP contribution in [0.2, 0.25) is 0 Å². The molecule has 1 heterocycles. The molecule has 0 saturated carbocycles. The van der Waals surface area contributed by atoms with E-state index in [1.54, 1.807) is 18.2 Å². The van der Waals surface area contributed by atoms with Crippen molar-refractivity contribution in [2.24, 2.45) is 0 Å². The number of carbonyl (C=O) groups is 2. The Bertz CT molecular complexity index is 516. The lowest BCUT2D eigenvalue weighted by Gasteiger charge is -2.19. The van der Waals surface area contributed by atoms with E-state index in [1.165, 1.54) is 11.8 Å². The Balaban J connectivity index is 1.95. The fraction of sp³-hybridized carbons (Fsp3) is 0.429. The first kappa shape index (κ1) is 14.2. The van der Waals surface area contributed by atoms with E-state index in [2.05, 4.69) is 5.32 Å². The number of carbonyl (C=O) groups excluding carboxylic acids is 2. The summed E-state index contributed by atoms with van der Waals surface area (Å²) < 4.78 is 10.4. The minimum atomic E-state index is -0.229. The van der Waals surface area contributed by atoms with Gasteiger partial charge in [0.1, 0.15) is 0 Å². The zero-order chi connectivity index (χ0) is 14.5. The topological polar surface area (TPSA) is 67.9 Å². The highest BCUT2D eigenvalue weighted by molar-refractivity contribution is 5.94. The molecule has 0 aromatic heterocycles. The van der Waals surface area contributed by atoms with Gasteiger partial charge >= 0.3 is 0 Å². The molecule has 0 unspecified atom stereocenters. The van der Waals surface area contributed by atoms with Gasteiger partial charge in [-0.15, -0.1) is 0 Å². The molecule has 6 heteroatoms. The van der Waals surface area contributed by atoms with Crippen LogP contribution in [-0.2, 0) is 9.59 Å². The predicted molar refractivity (Wildman–Crippen MR) is 73.7 cm³/mol. The van der Waals surface area contributed by atoms with Gasteiger partial charge in [-0.1, -0.05) is 6.92 Å². The molecule has 0 radical (unpaired) electrons. The van der Waals surface area contributed by atoms with Crippen molar-refractivity contribution < 1.29 is 19.1 Å². The number of benzene rings is 1. The van der Waals surface area contributed by atoms with Gasteiger partial charge in [-0.3, -0.25) is 9.59 Å². The van der Waals surface area contributed by atoms with E-state index in [0.29, 0.717) is 23.7 Å². The van der Waals surface area contributed by atoms with Crippen LogP contribution < -0.4 is 14.8 Å². The molecule has 1 aliphatic heterocycles. The normalized spacial score (nSPS) is 12.1. The molecular formula is C14H18N2O4. The van der Waals surface area contributed by atoms with E-state index < -0.39 is 0 Å². The number of rotatable bonds is 5. The summed E-state index contributed by atoms with van der Waals surface area (Å²) in [5.74, 6) is 0.944. The first-order chi connectivity index (χ1) is 9.60. The monoisotopic (exact) mass is 278 g/mol. The second kappa shape index (κ2) is 6.27. The number of hydrogen-bond acceptors (Lipinski definition) is 4. The average molecular weight is 278 g/mol. The standard InChI is InChI=1S/C14H18N2O4/c1-3-6-16(10(2)17)8-14(18)15-11-4-5-12-13(7-11)20-9-19-12/h4-5,7H,3,6,8-9H2,1-2H3,(H,15,18). The number of hydrogen-bond donors (Lipinski definition) is 1. The highest BCUT2D eigenvalue weighted by Crippen LogP contribution is 2.34. The third-order valence-electron chi connectivity index (χ3n) is 2.93. The number of anilines is 1. The maximum atomic E-state index is 11.9. The third-order valence-corrected chi connectivity index (χ3v) is 2.93. The number of nitrogens with one attached hydrogen (secondary N) is 1. The van der Waals surface area contributed by atoms with E-state index >= 15 is 0 Å². The van der Waals surface area contributed by atoms with Gasteiger partial charge in [-0.05, 0) is 18.6 Å². The highest BCUT2D eigenvalue weighted by Gasteiger charge is 2.16. The van der Waals surface area contributed by atoms with E-state index in [4.69, 9.17) is 9.47 Å². The van der Waals surface area contributed by atoms with Crippen LogP contribution in [0.3, 0.4) is 0 Å². The predicted octanol–water partition coefficient (Wildman–Crippen LogP) is 1.61. The van der Waals surface area contributed by atoms with Gasteiger partial charge in [-0.2, -0.15) is 0 Å². The molecular weight excluding hydrogens is 260 g/mol. The molecule has 0 aliphatic carbocycles. The smallest absolute Gasteiger partial charge is 0.243 e. The summed E-state index contributed by atoms with van der Waals surface area (Å²) in [6.07, 6.45) is 0.816. The van der Waals surface area contributed by atoms with E-state index in [9.17, 15) is 9.59 Å². The summed E-state index contributed by atoms with van der Waals surface area (Å²) in [6, 6.07) is 5.19. The van der Waals surface area contributed by atoms with Crippen molar-refractivity contribution in [2.45, 2.75) is 20.3 Å². The van der Waals surface area contributed by atoms with Crippen LogP contribution in [0.5, 0.6) is 11.5 Å². The molecule has 0 spiro atoms. The fourth-order valence-corrected chi connectivity index (χ4v) is 1.97. The van der Waals surface area contributed by atoms with Gasteiger partial charge in [-0.25, -0.2) is 0 Å². The van der Waals surface area contributed by atoms with Gasteiger partial charge in [0.15, 0.2) is 11.5 Å². The summed E-state index contributed by atoms with van der Waals surface area (Å²) in [6.45, 7) is 4.25. The van der Waals surface area contributed by atoms with Gasteiger partial charge in [0.2, 0.25) is 18.6 Å². The van der Waals surface area contributed by atoms with Crippen molar-refractivity contribution in [3.8, 4) is 11.5 Å². The van der Waals surface area contributed by atoms with Crippen molar-refractivity contribution in [1.29, 1.82) is 0 Å². The van der Waals surface area contributed by atoms with Gasteiger partial charge in [0.25, 0.3) is 0 Å². The molecule has 0 fully saturated rings. The van der Waals surface area contributed by atoms with Crippen LogP contribution in [0, 0.1) is 0 Å². The number of fused-ring (bicyclic) bond motifs is 1. The molecule has 2 rings (SSSR count). The number of ether oxygens (including phenoxy) is 2. The van der Waals surface area contributed by atoms with Crippen LogP contribution >= 0.6 is 0 Å². The summed E-state index contributed by atoms with van der Waals surface area (Å²) in [7, 11) is 0. The molecule has 1 N–H and O–H groups in total. The Labute approximate surface area is 117 Å². The second-order valence-electron chi connectivity index (χ2n) is 4.56. The first-order valence-corrected chi connectivity index (χ1v) is 6.55. The average Bonchev–Trinajstić information content (AvgIpc) is 2.85. The van der Waals surface area contributed by atoms with E-state index in [1.807, 2.05) is 6.92 Å². The van der Waals surface area contributed by atoms with Crippen LogP contribution in [0.15, 0.2) is 18.2 Å². The van der Waals surface area contributed by atoms with E-state index in [0.717, 1.165) is 6.42 Å². The van der Waals surface area contributed by atoms with Gasteiger partial charge in [0.05, 0.1) is 6.54 Å². The first-order valence-electron chi connectivity index (χ1n) is 6.55. The summed E-state index contributed by atoms with van der Waals surface area (Å²) >= 11 is 0. The minimum Gasteiger partial charge on any atom is -0.454 e. The Kier molecular flexibility index (Phi) is 4.45. The van der Waals surface area contributed by atoms with Crippen molar-refractivity contribution >= 4 is 17.5 Å². The number of amides is 2. The quantitative estimate of drug-likeness (QED) is 0.888. The molecule has 6 nitrogen and oxygen atoms in total. The number of nitrogens with zero attached hydrogens (tertiary/aromatic N) is 1. The molecule has 108 valence electrons. The third kappa shape index (κ3) is 3.40. The Morgan fingerprint density at radius 3 is 2.75 bits per heavy atom. The van der Waals surface area contributed by atoms with Crippen molar-refractivity contribution in [3.05, 3.63) is 18.2 Å². The molecule has 2 amide bonds. The summed E-state index contributed by atoms with van der Waals surface area (Å²) in [4.78, 5) is 24.8. The summed E-state index contributed by atoms with van der Waals surface area (Å²) in [5.41, 5.74) is 0.624. The SMILES string of the molecule is CCCN(CC(=O)Nc1ccc2c(c1)OCO2)C(C)=O. The molecule has 0 bridgehead atoms. The highest BCUT2D eigenvalue weighted by atomic mass is 16.7. The van der Waals surface area contributed by atoms with Crippen molar-refractivity contribution in [2.75, 3.05) is 25.2 Å². The Morgan fingerprint density at radius 2 is 2.05 bits per heavy atom. The maximum absolute atomic E-state index is 11.9. The lowest BCUT2D eigenvalue weighted by atomic mass is 10.2. The minimum absolute atomic E-state index is 0.0532. The fourth-order valence-electron chi connectivity index (χ4n) is 1.97.